The fourth-order valence-corrected chi connectivity index (χ4v) is 1.70. The molecule has 2 N–H and O–H groups in total. The molecule has 0 bridgehead atoms. The van der Waals surface area contributed by atoms with Crippen molar-refractivity contribution in [3.05, 3.63) is 23.9 Å². The lowest BCUT2D eigenvalue weighted by Gasteiger charge is -2.09. The van der Waals surface area contributed by atoms with Crippen LogP contribution in [0.25, 0.3) is 0 Å². The minimum Gasteiger partial charge on any atom is -0.384 e. The molecule has 1 aromatic rings. The molecule has 0 aliphatic carbocycles. The highest BCUT2D eigenvalue weighted by Crippen LogP contribution is 2.14. The van der Waals surface area contributed by atoms with E-state index in [0.717, 1.165) is 12.3 Å². The Bertz CT molecular complexity index is 271. The van der Waals surface area contributed by atoms with Crippen LogP contribution < -0.4 is 5.73 Å². The Morgan fingerprint density at radius 3 is 2.86 bits per heavy atom. The molecule has 14 heavy (non-hydrogen) atoms. The van der Waals surface area contributed by atoms with Crippen LogP contribution in [0.4, 0.5) is 5.82 Å². The minimum absolute atomic E-state index is 0.630. The van der Waals surface area contributed by atoms with E-state index in [1.807, 2.05) is 6.07 Å². The highest BCUT2D eigenvalue weighted by atomic mass is 14.8. The van der Waals surface area contributed by atoms with Gasteiger partial charge in [-0.2, -0.15) is 0 Å². The maximum Gasteiger partial charge on any atom is 0.123 e. The van der Waals surface area contributed by atoms with E-state index in [9.17, 15) is 0 Å². The molecule has 0 saturated carbocycles. The van der Waals surface area contributed by atoms with Crippen molar-refractivity contribution in [2.45, 2.75) is 39.5 Å². The first-order valence-electron chi connectivity index (χ1n) is 5.42. The quantitative estimate of drug-likeness (QED) is 0.778. The van der Waals surface area contributed by atoms with Crippen molar-refractivity contribution in [1.82, 2.24) is 4.98 Å². The summed E-state index contributed by atoms with van der Waals surface area (Å²) in [6.07, 6.45) is 6.75. The third-order valence-corrected chi connectivity index (χ3v) is 2.55. The Labute approximate surface area is 86.5 Å². The molecule has 0 aliphatic rings. The summed E-state index contributed by atoms with van der Waals surface area (Å²) in [5.74, 6) is 1.44. The summed E-state index contributed by atoms with van der Waals surface area (Å²) in [5, 5.41) is 0. The number of aromatic nitrogens is 1. The second-order valence-corrected chi connectivity index (χ2v) is 4.02. The van der Waals surface area contributed by atoms with Crippen molar-refractivity contribution < 1.29 is 0 Å². The summed E-state index contributed by atoms with van der Waals surface area (Å²) in [6, 6.07) is 4.02. The van der Waals surface area contributed by atoms with Gasteiger partial charge >= 0.3 is 0 Å². The molecule has 1 aromatic heterocycles. The predicted molar refractivity (Wildman–Crippen MR) is 61.0 cm³/mol. The molecule has 2 nitrogen and oxygen atoms in total. The van der Waals surface area contributed by atoms with Crippen LogP contribution in [0.3, 0.4) is 0 Å². The molecule has 0 saturated heterocycles. The summed E-state index contributed by atoms with van der Waals surface area (Å²) in [7, 11) is 0. The van der Waals surface area contributed by atoms with Gasteiger partial charge in [-0.1, -0.05) is 26.7 Å². The lowest BCUT2D eigenvalue weighted by atomic mass is 9.98. The van der Waals surface area contributed by atoms with Crippen molar-refractivity contribution in [3.63, 3.8) is 0 Å². The molecular weight excluding hydrogens is 172 g/mol. The fourth-order valence-electron chi connectivity index (χ4n) is 1.70. The van der Waals surface area contributed by atoms with E-state index >= 15 is 0 Å². The molecule has 1 heterocycles. The second kappa shape index (κ2) is 5.63. The van der Waals surface area contributed by atoms with Crippen molar-refractivity contribution in [2.24, 2.45) is 5.92 Å². The first kappa shape index (κ1) is 11.0. The van der Waals surface area contributed by atoms with E-state index in [-0.39, 0.29) is 0 Å². The molecule has 0 radical (unpaired) electrons. The summed E-state index contributed by atoms with van der Waals surface area (Å²) in [5.41, 5.74) is 6.92. The first-order chi connectivity index (χ1) is 6.72. The standard InChI is InChI=1S/C12H20N2/c1-3-4-10(2)5-6-11-7-8-14-12(13)9-11/h7-10H,3-6H2,1-2H3,(H2,13,14). The highest BCUT2D eigenvalue weighted by Gasteiger charge is 2.01. The molecule has 0 fully saturated rings. The number of hydrogen-bond acceptors (Lipinski definition) is 2. The summed E-state index contributed by atoms with van der Waals surface area (Å²) >= 11 is 0. The van der Waals surface area contributed by atoms with Crippen LogP contribution in [0, 0.1) is 5.92 Å². The van der Waals surface area contributed by atoms with Crippen molar-refractivity contribution in [3.8, 4) is 0 Å². The van der Waals surface area contributed by atoms with E-state index in [1.54, 1.807) is 6.20 Å². The Kier molecular flexibility index (Phi) is 4.44. The van der Waals surface area contributed by atoms with E-state index in [1.165, 1.54) is 24.8 Å². The van der Waals surface area contributed by atoms with Gasteiger partial charge in [0.2, 0.25) is 0 Å². The Morgan fingerprint density at radius 1 is 1.43 bits per heavy atom. The van der Waals surface area contributed by atoms with E-state index in [4.69, 9.17) is 5.73 Å². The lowest BCUT2D eigenvalue weighted by molar-refractivity contribution is 0.486. The van der Waals surface area contributed by atoms with Gasteiger partial charge in [-0.05, 0) is 36.5 Å². The van der Waals surface area contributed by atoms with Crippen LogP contribution in [-0.2, 0) is 6.42 Å². The molecule has 0 amide bonds. The van der Waals surface area contributed by atoms with Gasteiger partial charge in [-0.15, -0.1) is 0 Å². The van der Waals surface area contributed by atoms with Crippen LogP contribution in [0.2, 0.25) is 0 Å². The molecule has 78 valence electrons. The number of nitrogens with zero attached hydrogens (tertiary/aromatic N) is 1. The number of aryl methyl sites for hydroxylation is 1. The molecule has 1 atom stereocenters. The normalized spacial score (nSPS) is 12.7. The van der Waals surface area contributed by atoms with Crippen LogP contribution in [0.5, 0.6) is 0 Å². The summed E-state index contributed by atoms with van der Waals surface area (Å²) in [6.45, 7) is 4.55. The molecule has 1 rings (SSSR count). The van der Waals surface area contributed by atoms with Crippen molar-refractivity contribution in [1.29, 1.82) is 0 Å². The number of rotatable bonds is 5. The zero-order chi connectivity index (χ0) is 10.4. The summed E-state index contributed by atoms with van der Waals surface area (Å²) in [4.78, 5) is 3.98. The molecule has 2 heteroatoms. The monoisotopic (exact) mass is 192 g/mol. The van der Waals surface area contributed by atoms with Gasteiger partial charge in [0.1, 0.15) is 5.82 Å². The topological polar surface area (TPSA) is 38.9 Å². The largest absolute Gasteiger partial charge is 0.384 e. The maximum atomic E-state index is 5.61. The Balaban J connectivity index is 2.37. The zero-order valence-electron chi connectivity index (χ0n) is 9.16. The predicted octanol–water partition coefficient (Wildman–Crippen LogP) is 3.03. The highest BCUT2D eigenvalue weighted by molar-refractivity contribution is 5.31. The maximum absolute atomic E-state index is 5.61. The molecular formula is C12H20N2. The van der Waals surface area contributed by atoms with Crippen molar-refractivity contribution in [2.75, 3.05) is 5.73 Å². The van der Waals surface area contributed by atoms with Crippen LogP contribution >= 0.6 is 0 Å². The minimum atomic E-state index is 0.630. The number of pyridine rings is 1. The Hall–Kier alpha value is -1.05. The number of nitrogens with two attached hydrogens (primary N) is 1. The van der Waals surface area contributed by atoms with E-state index < -0.39 is 0 Å². The van der Waals surface area contributed by atoms with Crippen LogP contribution in [0.1, 0.15) is 38.7 Å². The van der Waals surface area contributed by atoms with E-state index in [2.05, 4.69) is 24.9 Å². The van der Waals surface area contributed by atoms with Gasteiger partial charge in [-0.25, -0.2) is 4.98 Å². The zero-order valence-corrected chi connectivity index (χ0v) is 9.16. The first-order valence-corrected chi connectivity index (χ1v) is 5.42. The lowest BCUT2D eigenvalue weighted by Crippen LogP contribution is -1.98. The number of nitrogen functional groups attached to an aromatic ring is 1. The second-order valence-electron chi connectivity index (χ2n) is 4.02. The fraction of sp³-hybridized carbons (Fsp3) is 0.583. The average Bonchev–Trinajstić information content (AvgIpc) is 2.15. The van der Waals surface area contributed by atoms with Crippen molar-refractivity contribution >= 4 is 5.82 Å². The third-order valence-electron chi connectivity index (χ3n) is 2.55. The van der Waals surface area contributed by atoms with Gasteiger partial charge in [-0.3, -0.25) is 0 Å². The van der Waals surface area contributed by atoms with Crippen LogP contribution in [0.15, 0.2) is 18.3 Å². The number of hydrogen-bond donors (Lipinski definition) is 1. The SMILES string of the molecule is CCCC(C)CCc1ccnc(N)c1. The van der Waals surface area contributed by atoms with Crippen LogP contribution in [-0.4, -0.2) is 4.98 Å². The van der Waals surface area contributed by atoms with Gasteiger partial charge in [0.15, 0.2) is 0 Å². The molecule has 0 spiro atoms. The summed E-state index contributed by atoms with van der Waals surface area (Å²) < 4.78 is 0. The van der Waals surface area contributed by atoms with E-state index in [0.29, 0.717) is 5.82 Å². The van der Waals surface area contributed by atoms with Gasteiger partial charge < -0.3 is 5.73 Å². The Morgan fingerprint density at radius 2 is 2.21 bits per heavy atom. The van der Waals surface area contributed by atoms with Gasteiger partial charge in [0, 0.05) is 6.20 Å². The average molecular weight is 192 g/mol. The molecule has 0 aromatic carbocycles. The van der Waals surface area contributed by atoms with Gasteiger partial charge in [0.05, 0.1) is 0 Å². The molecule has 0 aliphatic heterocycles. The smallest absolute Gasteiger partial charge is 0.123 e. The molecule has 1 unspecified atom stereocenters. The van der Waals surface area contributed by atoms with Gasteiger partial charge in [0.25, 0.3) is 0 Å². The third kappa shape index (κ3) is 3.77. The number of anilines is 1.